The molecule has 2 aromatic rings. The van der Waals surface area contributed by atoms with Crippen molar-refractivity contribution in [1.29, 1.82) is 0 Å². The maximum absolute atomic E-state index is 13.1. The summed E-state index contributed by atoms with van der Waals surface area (Å²) in [5, 5.41) is 12.4. The summed E-state index contributed by atoms with van der Waals surface area (Å²) in [5.74, 6) is 0.323. The number of para-hydroxylation sites is 1. The van der Waals surface area contributed by atoms with Gasteiger partial charge in [-0.05, 0) is 68.5 Å². The van der Waals surface area contributed by atoms with Crippen molar-refractivity contribution in [2.75, 3.05) is 25.0 Å². The molecule has 1 saturated carbocycles. The Morgan fingerprint density at radius 2 is 1.76 bits per heavy atom. The maximum atomic E-state index is 13.1. The molecule has 0 aromatic heterocycles. The summed E-state index contributed by atoms with van der Waals surface area (Å²) in [4.78, 5) is 28.0. The molecule has 1 heterocycles. The molecule has 0 bridgehead atoms. The van der Waals surface area contributed by atoms with Gasteiger partial charge in [0.15, 0.2) is 0 Å². The molecule has 1 saturated heterocycles. The Bertz CT molecular complexity index is 992. The molecule has 4 rings (SSSR count). The van der Waals surface area contributed by atoms with Gasteiger partial charge in [0.25, 0.3) is 0 Å². The highest BCUT2D eigenvalue weighted by molar-refractivity contribution is 5.93. The number of carboxylic acid groups (broad SMARTS) is 1. The molecule has 7 nitrogen and oxygen atoms in total. The highest BCUT2D eigenvalue weighted by Crippen LogP contribution is 2.29. The lowest BCUT2D eigenvalue weighted by atomic mass is 9.86. The van der Waals surface area contributed by atoms with Crippen LogP contribution < -0.4 is 10.1 Å². The average Bonchev–Trinajstić information content (AvgIpc) is 2.82. The number of hydrogen-bond donors (Lipinski definition) is 2. The van der Waals surface area contributed by atoms with Gasteiger partial charge in [-0.2, -0.15) is 0 Å². The van der Waals surface area contributed by atoms with Gasteiger partial charge in [-0.25, -0.2) is 9.18 Å². The SMILES string of the molecule is C[C@H]1CN(Cc2ccccc2NC(=O)[C@H]2CC[C@H](Oc3ccc(F)cc3)CC2)CCN1C(=O)O. The smallest absolute Gasteiger partial charge is 0.407 e. The molecule has 2 aromatic carbocycles. The number of piperazine rings is 1. The summed E-state index contributed by atoms with van der Waals surface area (Å²) in [5.41, 5.74) is 1.84. The van der Waals surface area contributed by atoms with Crippen LogP contribution in [0, 0.1) is 11.7 Å². The van der Waals surface area contributed by atoms with E-state index < -0.39 is 6.09 Å². The summed E-state index contributed by atoms with van der Waals surface area (Å²) in [7, 11) is 0. The summed E-state index contributed by atoms with van der Waals surface area (Å²) in [6.07, 6.45) is 2.21. The highest BCUT2D eigenvalue weighted by atomic mass is 19.1. The van der Waals surface area contributed by atoms with Crippen LogP contribution in [0.15, 0.2) is 48.5 Å². The fourth-order valence-electron chi connectivity index (χ4n) is 4.87. The first kappa shape index (κ1) is 24.0. The molecule has 2 amide bonds. The van der Waals surface area contributed by atoms with E-state index in [2.05, 4.69) is 10.2 Å². The van der Waals surface area contributed by atoms with E-state index in [-0.39, 0.29) is 29.8 Å². The Morgan fingerprint density at radius 3 is 2.44 bits per heavy atom. The summed E-state index contributed by atoms with van der Waals surface area (Å²) in [6, 6.07) is 13.8. The topological polar surface area (TPSA) is 82.1 Å². The van der Waals surface area contributed by atoms with E-state index in [4.69, 9.17) is 4.74 Å². The Balaban J connectivity index is 1.29. The van der Waals surface area contributed by atoms with E-state index in [1.165, 1.54) is 17.0 Å². The molecule has 0 spiro atoms. The number of nitrogens with one attached hydrogen (secondary N) is 1. The molecule has 1 aliphatic heterocycles. The molecule has 0 unspecified atom stereocenters. The quantitative estimate of drug-likeness (QED) is 0.647. The van der Waals surface area contributed by atoms with Crippen molar-refractivity contribution in [3.63, 3.8) is 0 Å². The molecule has 34 heavy (non-hydrogen) atoms. The molecule has 182 valence electrons. The van der Waals surface area contributed by atoms with Gasteiger partial charge in [-0.3, -0.25) is 9.69 Å². The number of rotatable bonds is 6. The fraction of sp³-hybridized carbons (Fsp3) is 0.462. The van der Waals surface area contributed by atoms with E-state index >= 15 is 0 Å². The zero-order valence-corrected chi connectivity index (χ0v) is 19.5. The molecular formula is C26H32FN3O4. The number of nitrogens with zero attached hydrogens (tertiary/aromatic N) is 2. The normalized spacial score (nSPS) is 23.4. The number of ether oxygens (including phenoxy) is 1. The number of halogens is 1. The van der Waals surface area contributed by atoms with Gasteiger partial charge >= 0.3 is 6.09 Å². The van der Waals surface area contributed by atoms with Crippen molar-refractivity contribution >= 4 is 17.7 Å². The predicted molar refractivity (Wildman–Crippen MR) is 127 cm³/mol. The number of hydrogen-bond acceptors (Lipinski definition) is 4. The second-order valence-electron chi connectivity index (χ2n) is 9.25. The average molecular weight is 470 g/mol. The van der Waals surface area contributed by atoms with Gasteiger partial charge in [0.1, 0.15) is 11.6 Å². The van der Waals surface area contributed by atoms with Crippen molar-refractivity contribution in [2.45, 2.75) is 51.3 Å². The Morgan fingerprint density at radius 1 is 1.06 bits per heavy atom. The fourth-order valence-corrected chi connectivity index (χ4v) is 4.87. The van der Waals surface area contributed by atoms with Crippen molar-refractivity contribution in [3.05, 3.63) is 59.9 Å². The number of benzene rings is 2. The first-order chi connectivity index (χ1) is 16.4. The van der Waals surface area contributed by atoms with Gasteiger partial charge in [-0.1, -0.05) is 18.2 Å². The number of amides is 2. The monoisotopic (exact) mass is 469 g/mol. The van der Waals surface area contributed by atoms with Gasteiger partial charge in [0.2, 0.25) is 5.91 Å². The molecule has 2 aliphatic rings. The van der Waals surface area contributed by atoms with Crippen LogP contribution in [0.3, 0.4) is 0 Å². The minimum atomic E-state index is -0.877. The first-order valence-electron chi connectivity index (χ1n) is 11.9. The zero-order chi connectivity index (χ0) is 24.1. The lowest BCUT2D eigenvalue weighted by molar-refractivity contribution is -0.121. The second-order valence-corrected chi connectivity index (χ2v) is 9.25. The summed E-state index contributed by atoms with van der Waals surface area (Å²) in [6.45, 7) is 4.38. The highest BCUT2D eigenvalue weighted by Gasteiger charge is 2.29. The number of carbonyl (C=O) groups excluding carboxylic acids is 1. The van der Waals surface area contributed by atoms with E-state index in [9.17, 15) is 19.1 Å². The van der Waals surface area contributed by atoms with Crippen molar-refractivity contribution in [2.24, 2.45) is 5.92 Å². The lowest BCUT2D eigenvalue weighted by Gasteiger charge is -2.38. The van der Waals surface area contributed by atoms with Gasteiger partial charge in [0.05, 0.1) is 6.10 Å². The standard InChI is InChI=1S/C26H32FN3O4/c1-18-16-29(14-15-30(18)26(32)33)17-20-4-2-3-5-24(20)28-25(31)19-6-10-22(11-7-19)34-23-12-8-21(27)9-13-23/h2-5,8-9,12-13,18-19,22H,6-7,10-11,14-17H2,1H3,(H,28,31)(H,32,33)/t18-,19-,22-/m0/s1. The van der Waals surface area contributed by atoms with Crippen LogP contribution in [-0.2, 0) is 11.3 Å². The van der Waals surface area contributed by atoms with E-state index in [1.807, 2.05) is 31.2 Å². The van der Waals surface area contributed by atoms with Gasteiger partial charge in [0, 0.05) is 43.8 Å². The van der Waals surface area contributed by atoms with E-state index in [0.29, 0.717) is 31.9 Å². The first-order valence-corrected chi connectivity index (χ1v) is 11.9. The van der Waals surface area contributed by atoms with Gasteiger partial charge in [-0.15, -0.1) is 0 Å². The predicted octanol–water partition coefficient (Wildman–Crippen LogP) is 4.59. The maximum Gasteiger partial charge on any atom is 0.407 e. The van der Waals surface area contributed by atoms with Crippen LogP contribution in [0.25, 0.3) is 0 Å². The zero-order valence-electron chi connectivity index (χ0n) is 19.5. The van der Waals surface area contributed by atoms with Crippen molar-refractivity contribution < 1.29 is 23.8 Å². The number of anilines is 1. The summed E-state index contributed by atoms with van der Waals surface area (Å²) < 4.78 is 19.0. The summed E-state index contributed by atoms with van der Waals surface area (Å²) >= 11 is 0. The van der Waals surface area contributed by atoms with Crippen LogP contribution in [0.5, 0.6) is 5.75 Å². The second kappa shape index (κ2) is 10.9. The molecule has 8 heteroatoms. The number of carbonyl (C=O) groups is 2. The minimum absolute atomic E-state index is 0.0248. The van der Waals surface area contributed by atoms with Crippen molar-refractivity contribution in [3.8, 4) is 5.75 Å². The molecule has 0 radical (unpaired) electrons. The molecule has 2 fully saturated rings. The van der Waals surface area contributed by atoms with Gasteiger partial charge < -0.3 is 20.1 Å². The van der Waals surface area contributed by atoms with E-state index in [0.717, 1.165) is 36.9 Å². The molecule has 1 atom stereocenters. The lowest BCUT2D eigenvalue weighted by Crippen LogP contribution is -2.53. The Labute approximate surface area is 199 Å². The minimum Gasteiger partial charge on any atom is -0.490 e. The largest absolute Gasteiger partial charge is 0.490 e. The third-order valence-electron chi connectivity index (χ3n) is 6.79. The van der Waals surface area contributed by atoms with Crippen LogP contribution in [0.1, 0.15) is 38.2 Å². The van der Waals surface area contributed by atoms with Crippen molar-refractivity contribution in [1.82, 2.24) is 9.80 Å². The van der Waals surface area contributed by atoms with Crippen LogP contribution in [0.4, 0.5) is 14.9 Å². The molecule has 2 N–H and O–H groups in total. The van der Waals surface area contributed by atoms with Crippen LogP contribution in [-0.4, -0.2) is 58.7 Å². The third-order valence-corrected chi connectivity index (χ3v) is 6.79. The van der Waals surface area contributed by atoms with E-state index in [1.54, 1.807) is 12.1 Å². The van der Waals surface area contributed by atoms with Crippen LogP contribution >= 0.6 is 0 Å². The Kier molecular flexibility index (Phi) is 7.67. The molecular weight excluding hydrogens is 437 g/mol. The third kappa shape index (κ3) is 6.05. The van der Waals surface area contributed by atoms with Crippen LogP contribution in [0.2, 0.25) is 0 Å². The Hall–Kier alpha value is -3.13. The molecule has 1 aliphatic carbocycles.